The van der Waals surface area contributed by atoms with Crippen LogP contribution in [0.25, 0.3) is 9.75 Å². The summed E-state index contributed by atoms with van der Waals surface area (Å²) in [4.78, 5) is 43.8. The van der Waals surface area contributed by atoms with Crippen LogP contribution in [0.4, 0.5) is 0 Å². The summed E-state index contributed by atoms with van der Waals surface area (Å²) in [5.41, 5.74) is 0.947. The van der Waals surface area contributed by atoms with Crippen molar-refractivity contribution in [2.45, 2.75) is 42.0 Å². The molecule has 6 rings (SSSR count). The SMILES string of the molecule is O=C(CN1CCC[C@H](NS(=O)(=O)c2ccc(-c3ccc(Cl)s3)s2)C1=O)N1CC2C[C@@H](C1)Cn1c2cccc1=O. The molecule has 2 fully saturated rings. The number of rotatable bonds is 6. The third-order valence-corrected chi connectivity index (χ3v) is 12.1. The van der Waals surface area contributed by atoms with Gasteiger partial charge in [0.2, 0.25) is 11.8 Å². The van der Waals surface area contributed by atoms with E-state index in [1.165, 1.54) is 22.3 Å². The van der Waals surface area contributed by atoms with Gasteiger partial charge in [0, 0.05) is 53.6 Å². The van der Waals surface area contributed by atoms with Crippen molar-refractivity contribution < 1.29 is 18.0 Å². The molecule has 0 saturated carbocycles. The van der Waals surface area contributed by atoms with Crippen molar-refractivity contribution >= 4 is 56.1 Å². The summed E-state index contributed by atoms with van der Waals surface area (Å²) in [5, 5.41) is 0. The molecular weight excluding hydrogens is 580 g/mol. The Labute approximate surface area is 239 Å². The van der Waals surface area contributed by atoms with Crippen molar-refractivity contribution in [3.8, 4) is 9.75 Å². The van der Waals surface area contributed by atoms with Crippen LogP contribution in [0.5, 0.6) is 0 Å². The first-order valence-electron chi connectivity index (χ1n) is 12.8. The lowest BCUT2D eigenvalue weighted by atomic mass is 9.83. The zero-order valence-electron chi connectivity index (χ0n) is 20.9. The van der Waals surface area contributed by atoms with E-state index in [1.807, 2.05) is 16.7 Å². The highest BCUT2D eigenvalue weighted by Crippen LogP contribution is 2.37. The van der Waals surface area contributed by atoms with Gasteiger partial charge >= 0.3 is 0 Å². The van der Waals surface area contributed by atoms with Crippen molar-refractivity contribution in [3.05, 3.63) is 62.8 Å². The number of nitrogens with one attached hydrogen (secondary N) is 1. The highest BCUT2D eigenvalue weighted by molar-refractivity contribution is 7.91. The summed E-state index contributed by atoms with van der Waals surface area (Å²) >= 11 is 8.51. The van der Waals surface area contributed by atoms with Crippen molar-refractivity contribution in [2.75, 3.05) is 26.2 Å². The third-order valence-electron chi connectivity index (χ3n) is 7.65. The Hall–Kier alpha value is -2.51. The van der Waals surface area contributed by atoms with Gasteiger partial charge in [-0.15, -0.1) is 22.7 Å². The van der Waals surface area contributed by atoms with Gasteiger partial charge in [-0.3, -0.25) is 14.4 Å². The van der Waals surface area contributed by atoms with Crippen LogP contribution in [0.15, 0.2) is 51.5 Å². The fraction of sp³-hybridized carbons (Fsp3) is 0.423. The number of amides is 2. The minimum atomic E-state index is -3.92. The van der Waals surface area contributed by atoms with Crippen molar-refractivity contribution in [3.63, 3.8) is 0 Å². The van der Waals surface area contributed by atoms with Gasteiger partial charge in [-0.05, 0) is 55.5 Å². The molecule has 206 valence electrons. The summed E-state index contributed by atoms with van der Waals surface area (Å²) in [6.45, 7) is 1.97. The van der Waals surface area contributed by atoms with Crippen LogP contribution in [-0.4, -0.2) is 66.8 Å². The van der Waals surface area contributed by atoms with E-state index in [9.17, 15) is 22.8 Å². The molecule has 3 aromatic heterocycles. The number of aromatic nitrogens is 1. The van der Waals surface area contributed by atoms with E-state index in [4.69, 9.17) is 11.6 Å². The Kier molecular flexibility index (Phi) is 7.17. The zero-order valence-corrected chi connectivity index (χ0v) is 24.1. The molecule has 2 amide bonds. The standard InChI is InChI=1S/C26H27ClN4O5S3/c27-22-8-6-20(37-22)21-7-9-25(38-21)39(35,36)28-18-3-2-10-29(26(18)34)15-24(33)30-12-16-11-17(14-30)19-4-1-5-23(32)31(19)13-16/h1,4-9,16-18,28H,2-3,10-15H2/t16-,17?,18-/m0/s1. The smallest absolute Gasteiger partial charge is 0.250 e. The molecule has 1 N–H and O–H groups in total. The Bertz CT molecular complexity index is 1600. The van der Waals surface area contributed by atoms with Crippen LogP contribution in [-0.2, 0) is 26.2 Å². The summed E-state index contributed by atoms with van der Waals surface area (Å²) in [6.07, 6.45) is 1.90. The van der Waals surface area contributed by atoms with Crippen LogP contribution in [0, 0.1) is 5.92 Å². The fourth-order valence-electron chi connectivity index (χ4n) is 5.86. The van der Waals surface area contributed by atoms with Gasteiger partial charge < -0.3 is 14.4 Å². The molecule has 2 bridgehead atoms. The first-order valence-corrected chi connectivity index (χ1v) is 16.3. The van der Waals surface area contributed by atoms with Crippen LogP contribution >= 0.6 is 34.3 Å². The Balaban J connectivity index is 1.10. The number of nitrogens with zero attached hydrogens (tertiary/aromatic N) is 3. The lowest BCUT2D eigenvalue weighted by molar-refractivity contribution is -0.144. The predicted molar refractivity (Wildman–Crippen MR) is 151 cm³/mol. The lowest BCUT2D eigenvalue weighted by Crippen LogP contribution is -2.56. The van der Waals surface area contributed by atoms with Crippen molar-refractivity contribution in [2.24, 2.45) is 5.92 Å². The van der Waals surface area contributed by atoms with E-state index < -0.39 is 16.1 Å². The maximum absolute atomic E-state index is 13.3. The van der Waals surface area contributed by atoms with E-state index >= 15 is 0 Å². The molecule has 2 saturated heterocycles. The molecule has 0 spiro atoms. The average molecular weight is 607 g/mol. The molecule has 1 unspecified atom stereocenters. The van der Waals surface area contributed by atoms with Crippen LogP contribution in [0.3, 0.4) is 0 Å². The first kappa shape index (κ1) is 26.7. The Morgan fingerprint density at radius 2 is 1.82 bits per heavy atom. The highest BCUT2D eigenvalue weighted by atomic mass is 35.5. The van der Waals surface area contributed by atoms with Crippen LogP contribution in [0.2, 0.25) is 4.34 Å². The summed E-state index contributed by atoms with van der Waals surface area (Å²) in [5.74, 6) is -0.245. The first-order chi connectivity index (χ1) is 18.7. The molecular formula is C26H27ClN4O5S3. The van der Waals surface area contributed by atoms with Crippen LogP contribution in [0.1, 0.15) is 30.9 Å². The largest absolute Gasteiger partial charge is 0.340 e. The second kappa shape index (κ2) is 10.5. The number of sulfonamides is 1. The molecule has 3 aromatic rings. The highest BCUT2D eigenvalue weighted by Gasteiger charge is 2.38. The fourth-order valence-corrected chi connectivity index (χ4v) is 9.54. The number of carbonyl (C=O) groups excluding carboxylic acids is 2. The molecule has 6 heterocycles. The summed E-state index contributed by atoms with van der Waals surface area (Å²) in [7, 11) is -3.92. The number of likely N-dealkylation sites (tertiary alicyclic amines) is 2. The molecule has 3 aliphatic heterocycles. The van der Waals surface area contributed by atoms with Gasteiger partial charge in [-0.25, -0.2) is 8.42 Å². The van der Waals surface area contributed by atoms with E-state index in [1.54, 1.807) is 29.2 Å². The minimum absolute atomic E-state index is 0.0101. The normalized spacial score (nSPS) is 23.1. The van der Waals surface area contributed by atoms with Crippen molar-refractivity contribution in [1.82, 2.24) is 19.1 Å². The Morgan fingerprint density at radius 1 is 1.03 bits per heavy atom. The number of pyridine rings is 1. The van der Waals surface area contributed by atoms with Gasteiger partial charge in [-0.2, -0.15) is 4.72 Å². The number of piperidine rings is 2. The topological polar surface area (TPSA) is 109 Å². The van der Waals surface area contributed by atoms with E-state index in [2.05, 4.69) is 4.72 Å². The van der Waals surface area contributed by atoms with Gasteiger partial charge in [-0.1, -0.05) is 17.7 Å². The monoisotopic (exact) mass is 606 g/mol. The van der Waals surface area contributed by atoms with Gasteiger partial charge in [0.25, 0.3) is 15.6 Å². The molecule has 39 heavy (non-hydrogen) atoms. The van der Waals surface area contributed by atoms with Crippen molar-refractivity contribution in [1.29, 1.82) is 0 Å². The molecule has 0 radical (unpaired) electrons. The minimum Gasteiger partial charge on any atom is -0.340 e. The third kappa shape index (κ3) is 5.32. The number of hydrogen-bond donors (Lipinski definition) is 1. The van der Waals surface area contributed by atoms with Gasteiger partial charge in [0.1, 0.15) is 10.3 Å². The van der Waals surface area contributed by atoms with E-state index in [0.29, 0.717) is 43.4 Å². The maximum Gasteiger partial charge on any atom is 0.250 e. The molecule has 9 nitrogen and oxygen atoms in total. The van der Waals surface area contributed by atoms with Crippen LogP contribution < -0.4 is 10.3 Å². The summed E-state index contributed by atoms with van der Waals surface area (Å²) in [6, 6.07) is 11.2. The quantitative estimate of drug-likeness (QED) is 0.464. The molecule has 3 aliphatic rings. The Morgan fingerprint density at radius 3 is 2.62 bits per heavy atom. The number of thiophene rings is 2. The molecule has 13 heteroatoms. The lowest BCUT2D eigenvalue weighted by Gasteiger charge is -2.43. The summed E-state index contributed by atoms with van der Waals surface area (Å²) < 4.78 is 31.4. The molecule has 3 atom stereocenters. The second-order valence-corrected chi connectivity index (χ2v) is 15.0. The van der Waals surface area contributed by atoms with Gasteiger partial charge in [0.15, 0.2) is 0 Å². The average Bonchev–Trinajstić information content (AvgIpc) is 3.57. The van der Waals surface area contributed by atoms with E-state index in [0.717, 1.165) is 33.2 Å². The number of halogens is 1. The van der Waals surface area contributed by atoms with E-state index in [-0.39, 0.29) is 40.0 Å². The predicted octanol–water partition coefficient (Wildman–Crippen LogP) is 3.21. The second-order valence-electron chi connectivity index (χ2n) is 10.3. The molecule has 0 aliphatic carbocycles. The number of fused-ring (bicyclic) bond motifs is 4. The molecule has 0 aromatic carbocycles. The van der Waals surface area contributed by atoms with Gasteiger partial charge in [0.05, 0.1) is 10.9 Å². The number of hydrogen-bond acceptors (Lipinski definition) is 7. The zero-order chi connectivity index (χ0) is 27.3. The maximum atomic E-state index is 13.3. The number of carbonyl (C=O) groups is 2.